The van der Waals surface area contributed by atoms with Crippen LogP contribution in [-0.4, -0.2) is 42.5 Å². The number of nitrogens with zero attached hydrogens (tertiary/aromatic N) is 1. The molecule has 2 aliphatic rings. The van der Waals surface area contributed by atoms with Gasteiger partial charge < -0.3 is 15.5 Å². The Hall–Kier alpha value is -1.75. The molecule has 2 unspecified atom stereocenters. The highest BCUT2D eigenvalue weighted by molar-refractivity contribution is 6.30. The summed E-state index contributed by atoms with van der Waals surface area (Å²) < 4.78 is 0. The Morgan fingerprint density at radius 3 is 2.78 bits per heavy atom. The average Bonchev–Trinajstić information content (AvgIpc) is 2.88. The molecule has 1 aliphatic carbocycles. The van der Waals surface area contributed by atoms with Crippen molar-refractivity contribution in [2.75, 3.05) is 19.6 Å². The van der Waals surface area contributed by atoms with Gasteiger partial charge in [-0.1, -0.05) is 30.2 Å². The van der Waals surface area contributed by atoms with Crippen LogP contribution in [0.4, 0.5) is 4.79 Å². The van der Waals surface area contributed by atoms with Crippen LogP contribution in [0.3, 0.4) is 0 Å². The lowest BCUT2D eigenvalue weighted by atomic mass is 9.94. The van der Waals surface area contributed by atoms with Gasteiger partial charge in [-0.25, -0.2) is 4.79 Å². The van der Waals surface area contributed by atoms with Gasteiger partial charge in [0.05, 0.1) is 0 Å². The molecule has 0 bridgehead atoms. The number of amides is 3. The lowest BCUT2D eigenvalue weighted by Crippen LogP contribution is -2.46. The first-order chi connectivity index (χ1) is 11.1. The van der Waals surface area contributed by atoms with Gasteiger partial charge in [-0.2, -0.15) is 0 Å². The molecule has 23 heavy (non-hydrogen) atoms. The van der Waals surface area contributed by atoms with Gasteiger partial charge in [-0.15, -0.1) is 0 Å². The van der Waals surface area contributed by atoms with Crippen LogP contribution in [0.5, 0.6) is 0 Å². The largest absolute Gasteiger partial charge is 0.354 e. The average molecular weight is 336 g/mol. The molecule has 1 aliphatic heterocycles. The highest BCUT2D eigenvalue weighted by Crippen LogP contribution is 2.35. The summed E-state index contributed by atoms with van der Waals surface area (Å²) in [6, 6.07) is 7.99. The molecule has 1 saturated heterocycles. The first kappa shape index (κ1) is 16.1. The third-order valence-corrected chi connectivity index (χ3v) is 4.97. The quantitative estimate of drug-likeness (QED) is 0.872. The molecule has 2 fully saturated rings. The van der Waals surface area contributed by atoms with Crippen molar-refractivity contribution in [3.05, 3.63) is 34.9 Å². The first-order valence-corrected chi connectivity index (χ1v) is 8.59. The van der Waals surface area contributed by atoms with E-state index in [9.17, 15) is 9.59 Å². The molecule has 1 aromatic carbocycles. The standard InChI is InChI=1S/C17H22ClN3O2/c18-13-6-4-12(5-7-13)14-2-1-3-15(14)20-17(23)21-10-8-16(22)19-9-11-21/h4-7,14-15H,1-3,8-11H2,(H,19,22)(H,20,23). The summed E-state index contributed by atoms with van der Waals surface area (Å²) in [6.45, 7) is 1.57. The topological polar surface area (TPSA) is 61.4 Å². The predicted octanol–water partition coefficient (Wildman–Crippen LogP) is 2.51. The van der Waals surface area contributed by atoms with E-state index in [1.807, 2.05) is 24.3 Å². The van der Waals surface area contributed by atoms with Crippen molar-refractivity contribution in [2.24, 2.45) is 0 Å². The van der Waals surface area contributed by atoms with Gasteiger partial charge in [-0.05, 0) is 30.5 Å². The van der Waals surface area contributed by atoms with Crippen LogP contribution in [-0.2, 0) is 4.79 Å². The predicted molar refractivity (Wildman–Crippen MR) is 89.6 cm³/mol. The molecule has 1 heterocycles. The summed E-state index contributed by atoms with van der Waals surface area (Å²) in [5.41, 5.74) is 1.23. The minimum atomic E-state index is -0.0626. The van der Waals surface area contributed by atoms with Crippen molar-refractivity contribution in [1.82, 2.24) is 15.5 Å². The molecule has 0 aromatic heterocycles. The van der Waals surface area contributed by atoms with E-state index in [1.165, 1.54) is 5.56 Å². The molecule has 3 rings (SSSR count). The Bertz CT molecular complexity index is 576. The van der Waals surface area contributed by atoms with Crippen LogP contribution in [0.2, 0.25) is 5.02 Å². The van der Waals surface area contributed by atoms with E-state index in [1.54, 1.807) is 4.90 Å². The number of benzene rings is 1. The number of carbonyl (C=O) groups excluding carboxylic acids is 2. The number of hydrogen-bond acceptors (Lipinski definition) is 2. The number of carbonyl (C=O) groups is 2. The summed E-state index contributed by atoms with van der Waals surface area (Å²) in [6.07, 6.45) is 3.55. The minimum Gasteiger partial charge on any atom is -0.354 e. The third-order valence-electron chi connectivity index (χ3n) is 4.72. The zero-order valence-electron chi connectivity index (χ0n) is 13.1. The van der Waals surface area contributed by atoms with Gasteiger partial charge in [-0.3, -0.25) is 4.79 Å². The van der Waals surface area contributed by atoms with E-state index >= 15 is 0 Å². The molecule has 5 nitrogen and oxygen atoms in total. The fourth-order valence-corrected chi connectivity index (χ4v) is 3.59. The molecular formula is C17H22ClN3O2. The van der Waals surface area contributed by atoms with Crippen LogP contribution in [0.15, 0.2) is 24.3 Å². The number of urea groups is 1. The van der Waals surface area contributed by atoms with Gasteiger partial charge in [0, 0.05) is 43.0 Å². The number of nitrogens with one attached hydrogen (secondary N) is 2. The van der Waals surface area contributed by atoms with Gasteiger partial charge in [0.2, 0.25) is 5.91 Å². The number of hydrogen-bond donors (Lipinski definition) is 2. The van der Waals surface area contributed by atoms with Gasteiger partial charge in [0.1, 0.15) is 0 Å². The van der Waals surface area contributed by atoms with E-state index in [0.717, 1.165) is 24.3 Å². The molecule has 6 heteroatoms. The Kier molecular flexibility index (Phi) is 5.06. The summed E-state index contributed by atoms with van der Waals surface area (Å²) in [5.74, 6) is 0.350. The van der Waals surface area contributed by atoms with Crippen molar-refractivity contribution in [3.63, 3.8) is 0 Å². The zero-order valence-corrected chi connectivity index (χ0v) is 13.8. The summed E-state index contributed by atoms with van der Waals surface area (Å²) in [7, 11) is 0. The van der Waals surface area contributed by atoms with Crippen molar-refractivity contribution < 1.29 is 9.59 Å². The van der Waals surface area contributed by atoms with Gasteiger partial charge in [0.25, 0.3) is 0 Å². The Morgan fingerprint density at radius 2 is 2.00 bits per heavy atom. The van der Waals surface area contributed by atoms with Crippen LogP contribution in [0, 0.1) is 0 Å². The van der Waals surface area contributed by atoms with Crippen molar-refractivity contribution in [3.8, 4) is 0 Å². The second-order valence-corrected chi connectivity index (χ2v) is 6.67. The van der Waals surface area contributed by atoms with Crippen molar-refractivity contribution in [2.45, 2.75) is 37.6 Å². The molecular weight excluding hydrogens is 314 g/mol. The molecule has 3 amide bonds. The van der Waals surface area contributed by atoms with E-state index < -0.39 is 0 Å². The van der Waals surface area contributed by atoms with E-state index in [-0.39, 0.29) is 18.0 Å². The molecule has 0 radical (unpaired) electrons. The summed E-state index contributed by atoms with van der Waals surface area (Å²) in [4.78, 5) is 25.6. The van der Waals surface area contributed by atoms with Crippen LogP contribution in [0.25, 0.3) is 0 Å². The van der Waals surface area contributed by atoms with Gasteiger partial charge >= 0.3 is 6.03 Å². The normalized spacial score (nSPS) is 24.9. The summed E-state index contributed by atoms with van der Waals surface area (Å²) >= 11 is 5.96. The SMILES string of the molecule is O=C1CCN(C(=O)NC2CCCC2c2ccc(Cl)cc2)CCN1. The smallest absolute Gasteiger partial charge is 0.317 e. The molecule has 1 saturated carbocycles. The fourth-order valence-electron chi connectivity index (χ4n) is 3.46. The molecule has 2 N–H and O–H groups in total. The Balaban J connectivity index is 1.62. The molecule has 2 atom stereocenters. The fraction of sp³-hybridized carbons (Fsp3) is 0.529. The molecule has 124 valence electrons. The highest BCUT2D eigenvalue weighted by Gasteiger charge is 2.31. The van der Waals surface area contributed by atoms with E-state index in [4.69, 9.17) is 11.6 Å². The maximum absolute atomic E-state index is 12.5. The second-order valence-electron chi connectivity index (χ2n) is 6.23. The Labute approximate surface area is 141 Å². The van der Waals surface area contributed by atoms with Crippen LogP contribution >= 0.6 is 11.6 Å². The molecule has 1 aromatic rings. The monoisotopic (exact) mass is 335 g/mol. The number of rotatable bonds is 2. The van der Waals surface area contributed by atoms with E-state index in [2.05, 4.69) is 10.6 Å². The van der Waals surface area contributed by atoms with Gasteiger partial charge in [0.15, 0.2) is 0 Å². The maximum Gasteiger partial charge on any atom is 0.317 e. The minimum absolute atomic E-state index is 0.0141. The van der Waals surface area contributed by atoms with Crippen molar-refractivity contribution >= 4 is 23.5 Å². The lowest BCUT2D eigenvalue weighted by Gasteiger charge is -2.26. The summed E-state index contributed by atoms with van der Waals surface area (Å²) in [5, 5.41) is 6.69. The van der Waals surface area contributed by atoms with Crippen LogP contribution < -0.4 is 10.6 Å². The first-order valence-electron chi connectivity index (χ1n) is 8.21. The number of halogens is 1. The highest BCUT2D eigenvalue weighted by atomic mass is 35.5. The van der Waals surface area contributed by atoms with Crippen LogP contribution in [0.1, 0.15) is 37.2 Å². The second kappa shape index (κ2) is 7.21. The zero-order chi connectivity index (χ0) is 16.2. The van der Waals surface area contributed by atoms with Crippen molar-refractivity contribution in [1.29, 1.82) is 0 Å². The third kappa shape index (κ3) is 3.96. The van der Waals surface area contributed by atoms with E-state index in [0.29, 0.717) is 32.0 Å². The Morgan fingerprint density at radius 1 is 1.22 bits per heavy atom. The molecule has 0 spiro atoms. The lowest BCUT2D eigenvalue weighted by molar-refractivity contribution is -0.120. The maximum atomic E-state index is 12.5.